The second-order valence-electron chi connectivity index (χ2n) is 5.99. The van der Waals surface area contributed by atoms with Crippen molar-refractivity contribution < 1.29 is 0 Å². The zero-order valence-electron chi connectivity index (χ0n) is 15.5. The Kier molecular flexibility index (Phi) is 7.35. The van der Waals surface area contributed by atoms with Crippen LogP contribution in [0.3, 0.4) is 0 Å². The van der Waals surface area contributed by atoms with Gasteiger partial charge < -0.3 is 0 Å². The predicted octanol–water partition coefficient (Wildman–Crippen LogP) is 3.83. The summed E-state index contributed by atoms with van der Waals surface area (Å²) < 4.78 is 0. The van der Waals surface area contributed by atoms with Crippen LogP contribution in [0.1, 0.15) is 39.1 Å². The summed E-state index contributed by atoms with van der Waals surface area (Å²) in [6.45, 7) is 14.8. The van der Waals surface area contributed by atoms with Crippen molar-refractivity contribution in [3.05, 3.63) is 48.0 Å². The third kappa shape index (κ3) is 5.11. The molecule has 0 unspecified atom stereocenters. The summed E-state index contributed by atoms with van der Waals surface area (Å²) >= 11 is 0. The molecule has 2 aromatic rings. The molecule has 0 aliphatic rings. The van der Waals surface area contributed by atoms with E-state index in [9.17, 15) is 0 Å². The molecule has 0 bridgehead atoms. The van der Waals surface area contributed by atoms with Crippen LogP contribution in [0, 0.1) is 0 Å². The van der Waals surface area contributed by atoms with E-state index >= 15 is 0 Å². The molecule has 0 aromatic carbocycles. The number of hydrogen-bond acceptors (Lipinski definition) is 4. The summed E-state index contributed by atoms with van der Waals surface area (Å²) in [6.07, 6.45) is 3.83. The van der Waals surface area contributed by atoms with Crippen LogP contribution in [0.4, 0.5) is 0 Å². The molecule has 4 heteroatoms. The highest BCUT2D eigenvalue weighted by Gasteiger charge is 2.07. The third-order valence-electron chi connectivity index (χ3n) is 4.53. The average molecular weight is 326 g/mol. The summed E-state index contributed by atoms with van der Waals surface area (Å²) in [5.74, 6) is 0. The zero-order chi connectivity index (χ0) is 17.4. The molecule has 0 N–H and O–H groups in total. The molecule has 2 rings (SSSR count). The first-order valence-electron chi connectivity index (χ1n) is 9.05. The molecule has 2 aromatic heterocycles. The Morgan fingerprint density at radius 3 is 1.38 bits per heavy atom. The molecule has 0 saturated heterocycles. The van der Waals surface area contributed by atoms with Gasteiger partial charge in [-0.25, -0.2) is 0 Å². The average Bonchev–Trinajstić information content (AvgIpc) is 2.64. The fraction of sp³-hybridized carbons (Fsp3) is 0.500. The van der Waals surface area contributed by atoms with Gasteiger partial charge in [0.05, 0.1) is 11.4 Å². The van der Waals surface area contributed by atoms with Crippen LogP contribution in [0.5, 0.6) is 0 Å². The standard InChI is InChI=1S/C20H30N4/c1-5-23(6-2)15-19-13-17(9-11-21-19)18-10-12-22-20(14-18)16-24(7-3)8-4/h9-14H,5-8,15-16H2,1-4H3. The van der Waals surface area contributed by atoms with Crippen LogP contribution in [0.25, 0.3) is 11.1 Å². The minimum absolute atomic E-state index is 0.901. The van der Waals surface area contributed by atoms with Gasteiger partial charge in [0.1, 0.15) is 0 Å². The topological polar surface area (TPSA) is 32.3 Å². The summed E-state index contributed by atoms with van der Waals surface area (Å²) in [4.78, 5) is 13.8. The highest BCUT2D eigenvalue weighted by molar-refractivity contribution is 5.63. The monoisotopic (exact) mass is 326 g/mol. The Hall–Kier alpha value is -1.78. The highest BCUT2D eigenvalue weighted by Crippen LogP contribution is 2.21. The van der Waals surface area contributed by atoms with Gasteiger partial charge in [-0.15, -0.1) is 0 Å². The quantitative estimate of drug-likeness (QED) is 0.701. The van der Waals surface area contributed by atoms with Gasteiger partial charge in [0.2, 0.25) is 0 Å². The van der Waals surface area contributed by atoms with Crippen molar-refractivity contribution in [1.29, 1.82) is 0 Å². The van der Waals surface area contributed by atoms with E-state index in [2.05, 4.69) is 71.7 Å². The van der Waals surface area contributed by atoms with Crippen LogP contribution in [-0.2, 0) is 13.1 Å². The van der Waals surface area contributed by atoms with Crippen LogP contribution >= 0.6 is 0 Å². The first-order chi connectivity index (χ1) is 11.7. The maximum atomic E-state index is 4.53. The van der Waals surface area contributed by atoms with Gasteiger partial charge >= 0.3 is 0 Å². The van der Waals surface area contributed by atoms with Crippen LogP contribution < -0.4 is 0 Å². The van der Waals surface area contributed by atoms with Gasteiger partial charge in [-0.3, -0.25) is 19.8 Å². The zero-order valence-corrected chi connectivity index (χ0v) is 15.5. The molecular formula is C20H30N4. The fourth-order valence-electron chi connectivity index (χ4n) is 2.84. The van der Waals surface area contributed by atoms with Gasteiger partial charge in [-0.2, -0.15) is 0 Å². The SMILES string of the molecule is CCN(CC)Cc1cc(-c2ccnc(CN(CC)CC)c2)ccn1. The lowest BCUT2D eigenvalue weighted by atomic mass is 10.1. The predicted molar refractivity (Wildman–Crippen MR) is 101 cm³/mol. The summed E-state index contributed by atoms with van der Waals surface area (Å²) in [5.41, 5.74) is 4.68. The molecule has 0 spiro atoms. The minimum atomic E-state index is 0.901. The maximum Gasteiger partial charge on any atom is 0.0550 e. The second-order valence-corrected chi connectivity index (χ2v) is 5.99. The molecule has 0 aliphatic carbocycles. The lowest BCUT2D eigenvalue weighted by molar-refractivity contribution is 0.292. The summed E-state index contributed by atoms with van der Waals surface area (Å²) in [5, 5.41) is 0. The molecule has 0 amide bonds. The van der Waals surface area contributed by atoms with Gasteiger partial charge in [0.15, 0.2) is 0 Å². The molecule has 24 heavy (non-hydrogen) atoms. The molecule has 0 aliphatic heterocycles. The van der Waals surface area contributed by atoms with Crippen molar-refractivity contribution in [2.45, 2.75) is 40.8 Å². The van der Waals surface area contributed by atoms with Crippen molar-refractivity contribution in [2.24, 2.45) is 0 Å². The Bertz CT molecular complexity index is 563. The van der Waals surface area contributed by atoms with E-state index in [0.717, 1.165) is 50.7 Å². The molecule has 0 fully saturated rings. The van der Waals surface area contributed by atoms with Gasteiger partial charge in [-0.05, 0) is 61.6 Å². The number of aromatic nitrogens is 2. The van der Waals surface area contributed by atoms with E-state index in [-0.39, 0.29) is 0 Å². The highest BCUT2D eigenvalue weighted by atomic mass is 15.1. The van der Waals surface area contributed by atoms with Crippen LogP contribution in [0.2, 0.25) is 0 Å². The normalized spacial score (nSPS) is 11.4. The van der Waals surface area contributed by atoms with Gasteiger partial charge in [0.25, 0.3) is 0 Å². The Labute approximate surface area is 146 Å². The van der Waals surface area contributed by atoms with E-state index in [1.807, 2.05) is 12.4 Å². The molecule has 130 valence electrons. The molecule has 0 atom stereocenters. The summed E-state index contributed by atoms with van der Waals surface area (Å²) in [6, 6.07) is 8.58. The second kappa shape index (κ2) is 9.50. The fourth-order valence-corrected chi connectivity index (χ4v) is 2.84. The van der Waals surface area contributed by atoms with E-state index in [0.29, 0.717) is 0 Å². The maximum absolute atomic E-state index is 4.53. The summed E-state index contributed by atoms with van der Waals surface area (Å²) in [7, 11) is 0. The van der Waals surface area contributed by atoms with Crippen molar-refractivity contribution in [3.63, 3.8) is 0 Å². The molecule has 4 nitrogen and oxygen atoms in total. The lowest BCUT2D eigenvalue weighted by Gasteiger charge is -2.18. The van der Waals surface area contributed by atoms with E-state index in [1.54, 1.807) is 0 Å². The Balaban J connectivity index is 2.19. The van der Waals surface area contributed by atoms with Crippen molar-refractivity contribution in [2.75, 3.05) is 26.2 Å². The molecular weight excluding hydrogens is 296 g/mol. The van der Waals surface area contributed by atoms with Crippen LogP contribution in [-0.4, -0.2) is 45.9 Å². The molecule has 0 radical (unpaired) electrons. The largest absolute Gasteiger partial charge is 0.298 e. The van der Waals surface area contributed by atoms with E-state index in [4.69, 9.17) is 0 Å². The number of rotatable bonds is 9. The van der Waals surface area contributed by atoms with Gasteiger partial charge in [-0.1, -0.05) is 27.7 Å². The van der Waals surface area contributed by atoms with Crippen molar-refractivity contribution in [1.82, 2.24) is 19.8 Å². The van der Waals surface area contributed by atoms with E-state index in [1.165, 1.54) is 11.1 Å². The Morgan fingerprint density at radius 1 is 0.667 bits per heavy atom. The first-order valence-corrected chi connectivity index (χ1v) is 9.05. The number of pyridine rings is 2. The molecule has 0 saturated carbocycles. The van der Waals surface area contributed by atoms with Crippen molar-refractivity contribution >= 4 is 0 Å². The van der Waals surface area contributed by atoms with Crippen molar-refractivity contribution in [3.8, 4) is 11.1 Å². The van der Waals surface area contributed by atoms with E-state index < -0.39 is 0 Å². The number of hydrogen-bond donors (Lipinski definition) is 0. The molecule has 2 heterocycles. The smallest absolute Gasteiger partial charge is 0.0550 e. The number of nitrogens with zero attached hydrogens (tertiary/aromatic N) is 4. The minimum Gasteiger partial charge on any atom is -0.298 e. The van der Waals surface area contributed by atoms with Crippen LogP contribution in [0.15, 0.2) is 36.7 Å². The Morgan fingerprint density at radius 2 is 1.04 bits per heavy atom. The lowest BCUT2D eigenvalue weighted by Crippen LogP contribution is -2.22. The van der Waals surface area contributed by atoms with Gasteiger partial charge in [0, 0.05) is 25.5 Å². The third-order valence-corrected chi connectivity index (χ3v) is 4.53. The first kappa shape index (κ1) is 18.6.